The van der Waals surface area contributed by atoms with Gasteiger partial charge in [-0.3, -0.25) is 10.1 Å². The molecule has 7 nitrogen and oxygen atoms in total. The lowest BCUT2D eigenvalue weighted by atomic mass is 10.1. The van der Waals surface area contributed by atoms with Gasteiger partial charge in [0.15, 0.2) is 13.2 Å². The van der Waals surface area contributed by atoms with E-state index >= 15 is 0 Å². The Balaban J connectivity index is 2.30. The van der Waals surface area contributed by atoms with Crippen molar-refractivity contribution < 1.29 is 17.8 Å². The van der Waals surface area contributed by atoms with E-state index in [4.69, 9.17) is 4.43 Å². The van der Waals surface area contributed by atoms with Gasteiger partial charge < -0.3 is 4.43 Å². The molecule has 0 radical (unpaired) electrons. The van der Waals surface area contributed by atoms with E-state index < -0.39 is 29.0 Å². The minimum atomic E-state index is -4.09. The number of hydrogen-bond donors (Lipinski definition) is 0. The summed E-state index contributed by atoms with van der Waals surface area (Å²) in [4.78, 5) is 10.5. The van der Waals surface area contributed by atoms with Crippen LogP contribution in [0.3, 0.4) is 0 Å². The molecule has 2 rings (SSSR count). The topological polar surface area (TPSA) is 89.8 Å². The van der Waals surface area contributed by atoms with Gasteiger partial charge in [0.2, 0.25) is 10.0 Å². The summed E-state index contributed by atoms with van der Waals surface area (Å²) >= 11 is 3.40. The van der Waals surface area contributed by atoms with E-state index in [2.05, 4.69) is 49.8 Å². The summed E-state index contributed by atoms with van der Waals surface area (Å²) in [5.74, 6) is 0. The maximum atomic E-state index is 13.5. The van der Waals surface area contributed by atoms with Crippen molar-refractivity contribution in [3.05, 3.63) is 68.7 Å². The number of nitrogens with zero attached hydrogens (tertiary/aromatic N) is 2. The predicted octanol–water partition coefficient (Wildman–Crippen LogP) is 5.61. The van der Waals surface area contributed by atoms with Crippen molar-refractivity contribution >= 4 is 40.0 Å². The summed E-state index contributed by atoms with van der Waals surface area (Å²) in [7, 11) is -6.16. The van der Waals surface area contributed by atoms with Crippen molar-refractivity contribution in [2.24, 2.45) is 0 Å². The van der Waals surface area contributed by atoms with Crippen molar-refractivity contribution in [3.63, 3.8) is 0 Å². The molecule has 0 unspecified atom stereocenters. The zero-order valence-corrected chi connectivity index (χ0v) is 22.6. The van der Waals surface area contributed by atoms with Gasteiger partial charge in [0.05, 0.1) is 4.92 Å². The van der Waals surface area contributed by atoms with Gasteiger partial charge in [-0.15, -0.1) is 0 Å². The number of rotatable bonds is 10. The first kappa shape index (κ1) is 26.7. The zero-order valence-electron chi connectivity index (χ0n) is 19.2. The van der Waals surface area contributed by atoms with Gasteiger partial charge in [0.1, 0.15) is 0 Å². The minimum Gasteiger partial charge on any atom is -0.415 e. The molecule has 0 aromatic heterocycles. The molecule has 0 spiro atoms. The van der Waals surface area contributed by atoms with Crippen LogP contribution in [0.1, 0.15) is 26.3 Å². The molecule has 0 saturated carbocycles. The third-order valence-corrected chi connectivity index (χ3v) is 12.9. The summed E-state index contributed by atoms with van der Waals surface area (Å²) in [6.45, 7) is 11.1. The Bertz CT molecular complexity index is 1040. The number of hydrogen-bond acceptors (Lipinski definition) is 5. The smallest absolute Gasteiger partial charge is 0.289 e. The van der Waals surface area contributed by atoms with E-state index in [0.29, 0.717) is 6.42 Å². The Hall–Kier alpha value is -1.59. The monoisotopic (exact) mass is 542 g/mol. The van der Waals surface area contributed by atoms with Gasteiger partial charge in [-0.05, 0) is 48.3 Å². The lowest BCUT2D eigenvalue weighted by Crippen LogP contribution is -2.44. The number of halogens is 1. The van der Waals surface area contributed by atoms with Crippen LogP contribution in [0.25, 0.3) is 0 Å². The standard InChI is InChI=1S/C22H31BrN2O5SSi/c1-22(2,3)32(4,5)30-17-16-24(15-14-18-10-12-19(23)13-11-18)31(28,29)21-9-7-6-8-20(21)25(26)27/h6-13H,14-17H2,1-5H3. The van der Waals surface area contributed by atoms with E-state index in [1.807, 2.05) is 24.3 Å². The minimum absolute atomic E-state index is 0.00759. The fourth-order valence-corrected chi connectivity index (χ4v) is 5.72. The second kappa shape index (κ2) is 10.6. The fourth-order valence-electron chi connectivity index (χ4n) is 2.84. The quantitative estimate of drug-likeness (QED) is 0.221. The maximum Gasteiger partial charge on any atom is 0.289 e. The van der Waals surface area contributed by atoms with E-state index in [1.165, 1.54) is 28.6 Å². The maximum absolute atomic E-state index is 13.5. The molecule has 0 atom stereocenters. The molecular formula is C22H31BrN2O5SSi. The molecule has 0 amide bonds. The summed E-state index contributed by atoms with van der Waals surface area (Å²) in [6.07, 6.45) is 0.479. The molecule has 0 aliphatic carbocycles. The highest BCUT2D eigenvalue weighted by atomic mass is 79.9. The first-order chi connectivity index (χ1) is 14.8. The normalized spacial score (nSPS) is 12.8. The van der Waals surface area contributed by atoms with Crippen LogP contribution in [0.5, 0.6) is 0 Å². The van der Waals surface area contributed by atoms with Crippen LogP contribution in [0.15, 0.2) is 57.9 Å². The number of para-hydroxylation sites is 1. The fraction of sp³-hybridized carbons (Fsp3) is 0.455. The second-order valence-electron chi connectivity index (χ2n) is 9.11. The number of sulfonamides is 1. The van der Waals surface area contributed by atoms with Crippen LogP contribution < -0.4 is 0 Å². The van der Waals surface area contributed by atoms with Crippen molar-refractivity contribution in [1.82, 2.24) is 4.31 Å². The molecule has 0 aliphatic rings. The van der Waals surface area contributed by atoms with Gasteiger partial charge in [-0.25, -0.2) is 8.42 Å². The van der Waals surface area contributed by atoms with Crippen LogP contribution in [0.4, 0.5) is 5.69 Å². The molecule has 0 fully saturated rings. The van der Waals surface area contributed by atoms with E-state index in [-0.39, 0.29) is 29.6 Å². The average molecular weight is 544 g/mol. The average Bonchev–Trinajstić information content (AvgIpc) is 2.70. The summed E-state index contributed by atoms with van der Waals surface area (Å²) in [5.41, 5.74) is 0.549. The molecule has 10 heteroatoms. The van der Waals surface area contributed by atoms with Gasteiger partial charge in [-0.1, -0.05) is 61.0 Å². The highest BCUT2D eigenvalue weighted by Gasteiger charge is 2.38. The first-order valence-electron chi connectivity index (χ1n) is 10.4. The molecule has 0 heterocycles. The number of nitro groups is 1. The Kier molecular flexibility index (Phi) is 8.80. The highest BCUT2D eigenvalue weighted by molar-refractivity contribution is 9.10. The largest absolute Gasteiger partial charge is 0.415 e. The summed E-state index contributed by atoms with van der Waals surface area (Å²) in [6, 6.07) is 13.1. The Morgan fingerprint density at radius 1 is 1.06 bits per heavy atom. The molecule has 176 valence electrons. The van der Waals surface area contributed by atoms with Crippen LogP contribution >= 0.6 is 15.9 Å². The van der Waals surface area contributed by atoms with Crippen LogP contribution in [0.2, 0.25) is 18.1 Å². The third-order valence-electron chi connectivity index (χ3n) is 5.85. The van der Waals surface area contributed by atoms with Crippen molar-refractivity contribution in [2.45, 2.75) is 50.2 Å². The Morgan fingerprint density at radius 3 is 2.22 bits per heavy atom. The lowest BCUT2D eigenvalue weighted by molar-refractivity contribution is -0.387. The van der Waals surface area contributed by atoms with E-state index in [1.54, 1.807) is 0 Å². The Morgan fingerprint density at radius 2 is 1.66 bits per heavy atom. The second-order valence-corrected chi connectivity index (χ2v) is 16.7. The molecule has 32 heavy (non-hydrogen) atoms. The zero-order chi connectivity index (χ0) is 24.2. The Labute approximate surface area is 200 Å². The highest BCUT2D eigenvalue weighted by Crippen LogP contribution is 2.36. The SMILES string of the molecule is CC(C)(C)[Si](C)(C)OCCN(CCc1ccc(Br)cc1)S(=O)(=O)c1ccccc1[N+](=O)[O-]. The summed E-state index contributed by atoms with van der Waals surface area (Å²) in [5, 5.41) is 11.4. The molecule has 2 aromatic carbocycles. The molecule has 2 aromatic rings. The number of nitro benzene ring substituents is 1. The van der Waals surface area contributed by atoms with Crippen molar-refractivity contribution in [1.29, 1.82) is 0 Å². The van der Waals surface area contributed by atoms with Gasteiger partial charge in [0, 0.05) is 30.2 Å². The molecule has 0 saturated heterocycles. The van der Waals surface area contributed by atoms with Gasteiger partial charge in [0.25, 0.3) is 5.69 Å². The lowest BCUT2D eigenvalue weighted by Gasteiger charge is -2.36. The number of benzene rings is 2. The molecule has 0 N–H and O–H groups in total. The molecule has 0 aliphatic heterocycles. The molecule has 0 bridgehead atoms. The first-order valence-corrected chi connectivity index (χ1v) is 15.5. The third kappa shape index (κ3) is 6.71. The summed E-state index contributed by atoms with van der Waals surface area (Å²) < 4.78 is 35.3. The van der Waals surface area contributed by atoms with Crippen LogP contribution in [-0.4, -0.2) is 45.7 Å². The van der Waals surface area contributed by atoms with Gasteiger partial charge in [-0.2, -0.15) is 4.31 Å². The predicted molar refractivity (Wildman–Crippen MR) is 133 cm³/mol. The van der Waals surface area contributed by atoms with E-state index in [9.17, 15) is 18.5 Å². The van der Waals surface area contributed by atoms with E-state index in [0.717, 1.165) is 10.0 Å². The van der Waals surface area contributed by atoms with Crippen LogP contribution in [-0.2, 0) is 20.9 Å². The van der Waals surface area contributed by atoms with Crippen LogP contribution in [0, 0.1) is 10.1 Å². The van der Waals surface area contributed by atoms with Crippen molar-refractivity contribution in [3.8, 4) is 0 Å². The van der Waals surface area contributed by atoms with Crippen molar-refractivity contribution in [2.75, 3.05) is 19.7 Å². The molecular weight excluding hydrogens is 512 g/mol. The van der Waals surface area contributed by atoms with Gasteiger partial charge >= 0.3 is 0 Å².